The average molecular weight is 318 g/mol. The summed E-state index contributed by atoms with van der Waals surface area (Å²) in [5, 5.41) is 6.08. The first-order chi connectivity index (χ1) is 10.8. The Balaban J connectivity index is 2.34. The van der Waals surface area contributed by atoms with E-state index >= 15 is 0 Å². The second-order valence-corrected chi connectivity index (χ2v) is 6.04. The van der Waals surface area contributed by atoms with E-state index in [-0.39, 0.29) is 12.3 Å². The fourth-order valence-electron chi connectivity index (χ4n) is 1.81. The number of alkyl carbamates (subject to hydrolysis) is 1. The van der Waals surface area contributed by atoms with Gasteiger partial charge in [0.2, 0.25) is 0 Å². The lowest BCUT2D eigenvalue weighted by Gasteiger charge is -2.19. The van der Waals surface area contributed by atoms with Gasteiger partial charge in [-0.05, 0) is 38.3 Å². The molecular weight excluding hydrogens is 296 g/mol. The third-order valence-electron chi connectivity index (χ3n) is 2.84. The summed E-state index contributed by atoms with van der Waals surface area (Å²) >= 11 is 0. The highest BCUT2D eigenvalue weighted by Gasteiger charge is 2.15. The van der Waals surface area contributed by atoms with Crippen LogP contribution in [0.25, 0.3) is 10.4 Å². The SMILES string of the molecule is CC(C)(C)OC(=O)NCCCC(=O)c1ccc(CN=[N+]=[N-])cc1. The summed E-state index contributed by atoms with van der Waals surface area (Å²) in [6, 6.07) is 6.96. The number of carbonyl (C=O) groups excluding carboxylic acids is 2. The van der Waals surface area contributed by atoms with Crippen LogP contribution in [0.15, 0.2) is 29.4 Å². The van der Waals surface area contributed by atoms with E-state index in [1.165, 1.54) is 0 Å². The topological polar surface area (TPSA) is 104 Å². The third kappa shape index (κ3) is 7.87. The van der Waals surface area contributed by atoms with Crippen molar-refractivity contribution >= 4 is 11.9 Å². The number of rotatable bonds is 7. The first-order valence-corrected chi connectivity index (χ1v) is 7.41. The fourth-order valence-corrected chi connectivity index (χ4v) is 1.81. The summed E-state index contributed by atoms with van der Waals surface area (Å²) in [7, 11) is 0. The Kier molecular flexibility index (Phi) is 7.09. The van der Waals surface area contributed by atoms with Gasteiger partial charge in [-0.3, -0.25) is 4.79 Å². The number of azide groups is 1. The molecule has 0 spiro atoms. The lowest BCUT2D eigenvalue weighted by Crippen LogP contribution is -2.33. The van der Waals surface area contributed by atoms with E-state index in [0.29, 0.717) is 24.9 Å². The van der Waals surface area contributed by atoms with Gasteiger partial charge in [-0.15, -0.1) is 0 Å². The Bertz CT molecular complexity index is 584. The van der Waals surface area contributed by atoms with Crippen molar-refractivity contribution in [3.63, 3.8) is 0 Å². The van der Waals surface area contributed by atoms with Crippen LogP contribution in [-0.4, -0.2) is 24.0 Å². The summed E-state index contributed by atoms with van der Waals surface area (Å²) in [4.78, 5) is 26.2. The summed E-state index contributed by atoms with van der Waals surface area (Å²) in [5.41, 5.74) is 9.18. The predicted octanol–water partition coefficient (Wildman–Crippen LogP) is 3.98. The van der Waals surface area contributed by atoms with Crippen molar-refractivity contribution in [1.29, 1.82) is 0 Å². The molecule has 1 N–H and O–H groups in total. The molecule has 0 heterocycles. The average Bonchev–Trinajstić information content (AvgIpc) is 2.48. The summed E-state index contributed by atoms with van der Waals surface area (Å²) in [5.74, 6) is 0.00585. The third-order valence-corrected chi connectivity index (χ3v) is 2.84. The molecule has 0 unspecified atom stereocenters. The lowest BCUT2D eigenvalue weighted by molar-refractivity contribution is 0.0525. The maximum Gasteiger partial charge on any atom is 0.407 e. The Labute approximate surface area is 135 Å². The van der Waals surface area contributed by atoms with Crippen LogP contribution in [0.2, 0.25) is 0 Å². The van der Waals surface area contributed by atoms with E-state index < -0.39 is 11.7 Å². The second-order valence-electron chi connectivity index (χ2n) is 6.04. The molecule has 0 fully saturated rings. The van der Waals surface area contributed by atoms with Crippen molar-refractivity contribution in [2.24, 2.45) is 5.11 Å². The van der Waals surface area contributed by atoms with Gasteiger partial charge in [-0.1, -0.05) is 29.4 Å². The molecule has 0 radical (unpaired) electrons. The van der Waals surface area contributed by atoms with E-state index in [1.54, 1.807) is 45.0 Å². The number of nitrogens with zero attached hydrogens (tertiary/aromatic N) is 3. The molecule has 0 saturated carbocycles. The quantitative estimate of drug-likeness (QED) is 0.270. The van der Waals surface area contributed by atoms with Crippen LogP contribution >= 0.6 is 0 Å². The van der Waals surface area contributed by atoms with Crippen molar-refractivity contribution in [2.75, 3.05) is 6.54 Å². The number of hydrogen-bond acceptors (Lipinski definition) is 4. The fraction of sp³-hybridized carbons (Fsp3) is 0.500. The minimum absolute atomic E-state index is 0.00585. The lowest BCUT2D eigenvalue weighted by atomic mass is 10.0. The van der Waals surface area contributed by atoms with Crippen LogP contribution in [0.5, 0.6) is 0 Å². The van der Waals surface area contributed by atoms with Gasteiger partial charge in [0.25, 0.3) is 0 Å². The molecule has 1 aromatic rings. The number of carbonyl (C=O) groups is 2. The van der Waals surface area contributed by atoms with E-state index in [2.05, 4.69) is 15.3 Å². The zero-order valence-corrected chi connectivity index (χ0v) is 13.7. The van der Waals surface area contributed by atoms with Gasteiger partial charge < -0.3 is 10.1 Å². The summed E-state index contributed by atoms with van der Waals surface area (Å²) < 4.78 is 5.11. The van der Waals surface area contributed by atoms with Crippen LogP contribution in [0.3, 0.4) is 0 Å². The molecule has 1 rings (SSSR count). The molecule has 0 aliphatic carbocycles. The monoisotopic (exact) mass is 318 g/mol. The molecule has 0 saturated heterocycles. The van der Waals surface area contributed by atoms with Gasteiger partial charge in [0.05, 0.1) is 6.54 Å². The molecule has 0 aliphatic rings. The van der Waals surface area contributed by atoms with E-state index in [1.807, 2.05) is 0 Å². The number of ether oxygens (including phenoxy) is 1. The number of benzene rings is 1. The molecule has 0 aromatic heterocycles. The zero-order valence-electron chi connectivity index (χ0n) is 13.7. The van der Waals surface area contributed by atoms with Crippen molar-refractivity contribution in [3.05, 3.63) is 45.8 Å². The number of nitrogens with one attached hydrogen (secondary N) is 1. The first-order valence-electron chi connectivity index (χ1n) is 7.41. The highest BCUT2D eigenvalue weighted by Crippen LogP contribution is 2.10. The van der Waals surface area contributed by atoms with Gasteiger partial charge in [0.1, 0.15) is 5.60 Å². The van der Waals surface area contributed by atoms with Gasteiger partial charge in [0.15, 0.2) is 5.78 Å². The molecule has 1 aromatic carbocycles. The van der Waals surface area contributed by atoms with Crippen LogP contribution < -0.4 is 5.32 Å². The molecular formula is C16H22N4O3. The van der Waals surface area contributed by atoms with Crippen molar-refractivity contribution in [2.45, 2.75) is 45.8 Å². The van der Waals surface area contributed by atoms with E-state index in [9.17, 15) is 9.59 Å². The van der Waals surface area contributed by atoms with Gasteiger partial charge in [0, 0.05) is 23.4 Å². The maximum atomic E-state index is 12.0. The van der Waals surface area contributed by atoms with Crippen molar-refractivity contribution < 1.29 is 14.3 Å². The predicted molar refractivity (Wildman–Crippen MR) is 87.1 cm³/mol. The molecule has 0 atom stereocenters. The first kappa shape index (κ1) is 18.5. The molecule has 0 bridgehead atoms. The van der Waals surface area contributed by atoms with Crippen LogP contribution in [-0.2, 0) is 11.3 Å². The highest BCUT2D eigenvalue weighted by atomic mass is 16.6. The number of Topliss-reactive ketones (excluding diaryl/α,β-unsaturated/α-hetero) is 1. The van der Waals surface area contributed by atoms with Gasteiger partial charge in [-0.25, -0.2) is 4.79 Å². The zero-order chi connectivity index (χ0) is 17.3. The Morgan fingerprint density at radius 3 is 2.48 bits per heavy atom. The van der Waals surface area contributed by atoms with E-state index in [0.717, 1.165) is 5.56 Å². The number of hydrogen-bond donors (Lipinski definition) is 1. The van der Waals surface area contributed by atoms with Crippen LogP contribution in [0, 0.1) is 0 Å². The normalized spacial score (nSPS) is 10.6. The van der Waals surface area contributed by atoms with Crippen molar-refractivity contribution in [3.8, 4) is 0 Å². The molecule has 1 amide bonds. The largest absolute Gasteiger partial charge is 0.444 e. The minimum Gasteiger partial charge on any atom is -0.444 e. The Hall–Kier alpha value is -2.53. The maximum absolute atomic E-state index is 12.0. The van der Waals surface area contributed by atoms with E-state index in [4.69, 9.17) is 10.3 Å². The number of amides is 1. The number of ketones is 1. The molecule has 7 heteroatoms. The second kappa shape index (κ2) is 8.80. The van der Waals surface area contributed by atoms with Gasteiger partial charge >= 0.3 is 6.09 Å². The van der Waals surface area contributed by atoms with Gasteiger partial charge in [-0.2, -0.15) is 0 Å². The summed E-state index contributed by atoms with van der Waals surface area (Å²) in [6.07, 6.45) is 0.400. The Morgan fingerprint density at radius 2 is 1.91 bits per heavy atom. The molecule has 124 valence electrons. The summed E-state index contributed by atoms with van der Waals surface area (Å²) in [6.45, 7) is 6.03. The molecule has 7 nitrogen and oxygen atoms in total. The minimum atomic E-state index is -0.531. The smallest absolute Gasteiger partial charge is 0.407 e. The van der Waals surface area contributed by atoms with Crippen molar-refractivity contribution in [1.82, 2.24) is 5.32 Å². The van der Waals surface area contributed by atoms with Crippen LogP contribution in [0.1, 0.15) is 49.5 Å². The van der Waals surface area contributed by atoms with Crippen LogP contribution in [0.4, 0.5) is 4.79 Å². The Morgan fingerprint density at radius 1 is 1.26 bits per heavy atom. The molecule has 0 aliphatic heterocycles. The highest BCUT2D eigenvalue weighted by molar-refractivity contribution is 5.96. The molecule has 23 heavy (non-hydrogen) atoms. The standard InChI is InChI=1S/C16H22N4O3/c1-16(2,3)23-15(22)18-10-4-5-14(21)13-8-6-12(7-9-13)11-19-20-17/h6-9H,4-5,10-11H2,1-3H3,(H,18,22).